The van der Waals surface area contributed by atoms with E-state index in [1.54, 1.807) is 0 Å². The van der Waals surface area contributed by atoms with Crippen LogP contribution in [0.25, 0.3) is 0 Å². The zero-order valence-corrected chi connectivity index (χ0v) is 12.6. The van der Waals surface area contributed by atoms with Gasteiger partial charge in [0.25, 0.3) is 0 Å². The van der Waals surface area contributed by atoms with Gasteiger partial charge in [0.1, 0.15) is 0 Å². The van der Waals surface area contributed by atoms with Gasteiger partial charge in [0.15, 0.2) is 0 Å². The molecule has 0 spiro atoms. The number of piperazine rings is 1. The number of rotatable bonds is 5. The lowest BCUT2D eigenvalue weighted by molar-refractivity contribution is -0.120. The molecule has 5 heteroatoms. The number of nitrogens with one attached hydrogen (secondary N) is 2. The molecule has 4 nitrogen and oxygen atoms in total. The maximum Gasteiger partial charge on any atom is 0.224 e. The van der Waals surface area contributed by atoms with Crippen molar-refractivity contribution in [2.24, 2.45) is 0 Å². The molecule has 1 heterocycles. The van der Waals surface area contributed by atoms with Gasteiger partial charge in [-0.05, 0) is 17.7 Å². The molecular formula is C14H20BrN3O. The van der Waals surface area contributed by atoms with Crippen LogP contribution in [0.15, 0.2) is 28.7 Å². The van der Waals surface area contributed by atoms with Crippen molar-refractivity contribution in [3.05, 3.63) is 34.3 Å². The molecule has 0 saturated carbocycles. The second kappa shape index (κ2) is 7.62. The van der Waals surface area contributed by atoms with Crippen LogP contribution in [0.5, 0.6) is 0 Å². The topological polar surface area (TPSA) is 44.4 Å². The third-order valence-electron chi connectivity index (χ3n) is 3.21. The number of benzene rings is 1. The Balaban J connectivity index is 1.67. The molecule has 1 fully saturated rings. The maximum absolute atomic E-state index is 11.8. The first-order chi connectivity index (χ1) is 9.24. The summed E-state index contributed by atoms with van der Waals surface area (Å²) in [7, 11) is 0. The second-order valence-electron chi connectivity index (χ2n) is 4.75. The van der Waals surface area contributed by atoms with Crippen molar-refractivity contribution in [3.63, 3.8) is 0 Å². The van der Waals surface area contributed by atoms with E-state index in [0.29, 0.717) is 6.42 Å². The van der Waals surface area contributed by atoms with E-state index in [2.05, 4.69) is 31.5 Å². The fraction of sp³-hybridized carbons (Fsp3) is 0.500. The van der Waals surface area contributed by atoms with Crippen LogP contribution < -0.4 is 10.6 Å². The first kappa shape index (κ1) is 14.5. The second-order valence-corrected chi connectivity index (χ2v) is 5.66. The number of carbonyl (C=O) groups excluding carboxylic acids is 1. The minimum absolute atomic E-state index is 0.0910. The summed E-state index contributed by atoms with van der Waals surface area (Å²) in [6.07, 6.45) is 0.445. The zero-order valence-electron chi connectivity index (χ0n) is 11.0. The third-order valence-corrected chi connectivity index (χ3v) is 3.71. The predicted octanol–water partition coefficient (Wildman–Crippen LogP) is 1.01. The Hall–Kier alpha value is -0.910. The van der Waals surface area contributed by atoms with Crippen LogP contribution in [-0.4, -0.2) is 50.1 Å². The molecule has 0 unspecified atom stereocenters. The Labute approximate surface area is 122 Å². The molecule has 1 aliphatic heterocycles. The van der Waals surface area contributed by atoms with Crippen LogP contribution in [0, 0.1) is 0 Å². The molecule has 0 aliphatic carbocycles. The van der Waals surface area contributed by atoms with Crippen molar-refractivity contribution in [2.45, 2.75) is 6.42 Å². The third kappa shape index (κ3) is 5.30. The highest BCUT2D eigenvalue weighted by Gasteiger charge is 2.09. The van der Waals surface area contributed by atoms with Crippen LogP contribution in [0.3, 0.4) is 0 Å². The molecule has 1 amide bonds. The van der Waals surface area contributed by atoms with Gasteiger partial charge in [-0.15, -0.1) is 0 Å². The van der Waals surface area contributed by atoms with Crippen LogP contribution >= 0.6 is 15.9 Å². The fourth-order valence-corrected chi connectivity index (χ4v) is 2.63. The van der Waals surface area contributed by atoms with E-state index < -0.39 is 0 Å². The van der Waals surface area contributed by atoms with Gasteiger partial charge in [0.2, 0.25) is 5.91 Å². The quantitative estimate of drug-likeness (QED) is 0.849. The molecular weight excluding hydrogens is 306 g/mol. The average molecular weight is 326 g/mol. The van der Waals surface area contributed by atoms with Gasteiger partial charge in [-0.2, -0.15) is 0 Å². The first-order valence-electron chi connectivity index (χ1n) is 6.68. The Kier molecular flexibility index (Phi) is 5.82. The molecule has 2 rings (SSSR count). The highest BCUT2D eigenvalue weighted by atomic mass is 79.9. The van der Waals surface area contributed by atoms with Crippen molar-refractivity contribution in [1.82, 2.24) is 15.5 Å². The lowest BCUT2D eigenvalue weighted by atomic mass is 10.1. The molecule has 104 valence electrons. The van der Waals surface area contributed by atoms with E-state index in [0.717, 1.165) is 49.3 Å². The van der Waals surface area contributed by atoms with Crippen molar-refractivity contribution in [3.8, 4) is 0 Å². The highest BCUT2D eigenvalue weighted by molar-refractivity contribution is 9.10. The Morgan fingerprint density at radius 2 is 2.16 bits per heavy atom. The molecule has 0 aromatic heterocycles. The minimum Gasteiger partial charge on any atom is -0.355 e. The van der Waals surface area contributed by atoms with Gasteiger partial charge < -0.3 is 10.6 Å². The maximum atomic E-state index is 11.8. The summed E-state index contributed by atoms with van der Waals surface area (Å²) in [5, 5.41) is 6.30. The fourth-order valence-electron chi connectivity index (χ4n) is 2.18. The number of hydrogen-bond donors (Lipinski definition) is 2. The molecule has 19 heavy (non-hydrogen) atoms. The Morgan fingerprint density at radius 3 is 2.89 bits per heavy atom. The van der Waals surface area contributed by atoms with Gasteiger partial charge in [-0.3, -0.25) is 9.69 Å². The molecule has 0 radical (unpaired) electrons. The van der Waals surface area contributed by atoms with E-state index in [-0.39, 0.29) is 5.91 Å². The molecule has 1 saturated heterocycles. The largest absolute Gasteiger partial charge is 0.355 e. The zero-order chi connectivity index (χ0) is 13.5. The molecule has 1 aliphatic rings. The van der Waals surface area contributed by atoms with E-state index in [1.807, 2.05) is 24.3 Å². The normalized spacial score (nSPS) is 16.3. The first-order valence-corrected chi connectivity index (χ1v) is 7.47. The number of carbonyl (C=O) groups is 1. The summed E-state index contributed by atoms with van der Waals surface area (Å²) in [6.45, 7) is 5.90. The van der Waals surface area contributed by atoms with Gasteiger partial charge in [-0.1, -0.05) is 28.1 Å². The van der Waals surface area contributed by atoms with Crippen LogP contribution in [0.4, 0.5) is 0 Å². The number of amides is 1. The van der Waals surface area contributed by atoms with Crippen LogP contribution in [0.2, 0.25) is 0 Å². The average Bonchev–Trinajstić information content (AvgIpc) is 2.40. The van der Waals surface area contributed by atoms with Crippen LogP contribution in [-0.2, 0) is 11.2 Å². The number of halogens is 1. The van der Waals surface area contributed by atoms with Gasteiger partial charge in [0.05, 0.1) is 6.42 Å². The summed E-state index contributed by atoms with van der Waals surface area (Å²) in [5.41, 5.74) is 1.04. The van der Waals surface area contributed by atoms with Crippen LogP contribution in [0.1, 0.15) is 5.56 Å². The van der Waals surface area contributed by atoms with E-state index in [4.69, 9.17) is 0 Å². The summed E-state index contributed by atoms with van der Waals surface area (Å²) in [4.78, 5) is 14.2. The molecule has 1 aromatic carbocycles. The summed E-state index contributed by atoms with van der Waals surface area (Å²) < 4.78 is 1.01. The predicted molar refractivity (Wildman–Crippen MR) is 80.2 cm³/mol. The van der Waals surface area contributed by atoms with E-state index >= 15 is 0 Å². The van der Waals surface area contributed by atoms with Gasteiger partial charge >= 0.3 is 0 Å². The lowest BCUT2D eigenvalue weighted by Gasteiger charge is -2.27. The van der Waals surface area contributed by atoms with Gasteiger partial charge in [-0.25, -0.2) is 0 Å². The number of nitrogens with zero attached hydrogens (tertiary/aromatic N) is 1. The standard InChI is InChI=1S/C14H20BrN3O/c15-13-3-1-2-12(10-13)11-14(19)17-6-9-18-7-4-16-5-8-18/h1-3,10,16H,4-9,11H2,(H,17,19). The molecule has 1 aromatic rings. The lowest BCUT2D eigenvalue weighted by Crippen LogP contribution is -2.46. The molecule has 2 N–H and O–H groups in total. The van der Waals surface area contributed by atoms with E-state index in [9.17, 15) is 4.79 Å². The minimum atomic E-state index is 0.0910. The monoisotopic (exact) mass is 325 g/mol. The van der Waals surface area contributed by atoms with Crippen molar-refractivity contribution in [1.29, 1.82) is 0 Å². The van der Waals surface area contributed by atoms with Crippen molar-refractivity contribution < 1.29 is 4.79 Å². The molecule has 0 bridgehead atoms. The SMILES string of the molecule is O=C(Cc1cccc(Br)c1)NCCN1CCNCC1. The van der Waals surface area contributed by atoms with Crippen molar-refractivity contribution in [2.75, 3.05) is 39.3 Å². The van der Waals surface area contributed by atoms with Crippen molar-refractivity contribution >= 4 is 21.8 Å². The Bertz CT molecular complexity index is 419. The number of hydrogen-bond acceptors (Lipinski definition) is 3. The molecule has 0 atom stereocenters. The summed E-state index contributed by atoms with van der Waals surface area (Å²) in [5.74, 6) is 0.0910. The summed E-state index contributed by atoms with van der Waals surface area (Å²) >= 11 is 3.41. The smallest absolute Gasteiger partial charge is 0.224 e. The Morgan fingerprint density at radius 1 is 1.37 bits per heavy atom. The van der Waals surface area contributed by atoms with Gasteiger partial charge in [0, 0.05) is 43.7 Å². The van der Waals surface area contributed by atoms with E-state index in [1.165, 1.54) is 0 Å². The summed E-state index contributed by atoms with van der Waals surface area (Å²) in [6, 6.07) is 7.87. The highest BCUT2D eigenvalue weighted by Crippen LogP contribution is 2.11.